The summed E-state index contributed by atoms with van der Waals surface area (Å²) in [6.07, 6.45) is -7.34. The lowest BCUT2D eigenvalue weighted by Crippen LogP contribution is -2.61. The van der Waals surface area contributed by atoms with E-state index >= 15 is 0 Å². The maximum atomic E-state index is 12.9. The molecule has 0 bridgehead atoms. The van der Waals surface area contributed by atoms with Crippen LogP contribution < -0.4 is 20.7 Å². The minimum atomic E-state index is -4.67. The molecule has 2 rings (SSSR count). The van der Waals surface area contributed by atoms with Crippen LogP contribution in [0.5, 0.6) is 5.75 Å². The monoisotopic (exact) mass is 819 g/mol. The van der Waals surface area contributed by atoms with Gasteiger partial charge in [-0.2, -0.15) is 8.42 Å². The number of esters is 1. The Morgan fingerprint density at radius 3 is 2.11 bits per heavy atom. The predicted molar refractivity (Wildman–Crippen MR) is 193 cm³/mol. The van der Waals surface area contributed by atoms with E-state index in [1.54, 1.807) is 26.8 Å². The highest BCUT2D eigenvalue weighted by Gasteiger charge is 2.48. The largest absolute Gasteiger partial charge is 0.481 e. The van der Waals surface area contributed by atoms with Crippen LogP contribution in [-0.2, 0) is 61.4 Å². The molecular weight excluding hydrogens is 766 g/mol. The third-order valence-corrected chi connectivity index (χ3v) is 9.14. The highest BCUT2D eigenvalue weighted by Crippen LogP contribution is 2.28. The van der Waals surface area contributed by atoms with E-state index in [9.17, 15) is 62.2 Å². The van der Waals surface area contributed by atoms with Gasteiger partial charge in [-0.25, -0.2) is 4.79 Å². The number of carboxylic acid groups (broad SMARTS) is 2. The van der Waals surface area contributed by atoms with Crippen LogP contribution >= 0.6 is 0 Å². The maximum absolute atomic E-state index is 12.9. The number of hydrogen-bond donors (Lipinski definition) is 9. The first-order chi connectivity index (χ1) is 26.1. The van der Waals surface area contributed by atoms with Gasteiger partial charge in [0.15, 0.2) is 6.10 Å². The van der Waals surface area contributed by atoms with Crippen LogP contribution in [0, 0.1) is 5.41 Å². The molecule has 6 atom stereocenters. The zero-order valence-electron chi connectivity index (χ0n) is 31.5. The number of unbranched alkanes of at least 4 members (excludes halogenated alkanes) is 3. The van der Waals surface area contributed by atoms with Crippen molar-refractivity contribution in [2.45, 2.75) is 122 Å². The molecule has 1 aliphatic heterocycles. The maximum Gasteiger partial charge on any atom is 0.335 e. The normalized spacial score (nSPS) is 20.3. The van der Waals surface area contributed by atoms with Crippen molar-refractivity contribution in [3.8, 4) is 5.75 Å². The summed E-state index contributed by atoms with van der Waals surface area (Å²) in [6, 6.07) is 2.95. The molecule has 316 valence electrons. The van der Waals surface area contributed by atoms with Gasteiger partial charge in [-0.05, 0) is 76.1 Å². The molecule has 9 N–H and O–H groups in total. The molecule has 0 saturated carbocycles. The molecule has 0 radical (unpaired) electrons. The van der Waals surface area contributed by atoms with Crippen molar-refractivity contribution < 1.29 is 81.5 Å². The molecule has 3 amide bonds. The van der Waals surface area contributed by atoms with E-state index in [0.29, 0.717) is 49.7 Å². The molecule has 1 aliphatic rings. The molecule has 0 unspecified atom stereocenters. The number of rotatable bonds is 23. The number of carbonyl (C=O) groups is 6. The molecule has 0 aliphatic carbocycles. The Morgan fingerprint density at radius 1 is 0.821 bits per heavy atom. The van der Waals surface area contributed by atoms with E-state index in [-0.39, 0.29) is 44.7 Å². The lowest BCUT2D eigenvalue weighted by Gasteiger charge is -2.38. The molecular formula is C35H53N3O17S. The molecule has 1 fully saturated rings. The fraction of sp³-hybridized carbons (Fsp3) is 0.657. The van der Waals surface area contributed by atoms with Crippen LogP contribution in [0.15, 0.2) is 18.2 Å². The third-order valence-electron chi connectivity index (χ3n) is 8.38. The number of amides is 3. The number of hydrogen-bond acceptors (Lipinski definition) is 14. The van der Waals surface area contributed by atoms with Crippen molar-refractivity contribution in [3.05, 3.63) is 29.3 Å². The van der Waals surface area contributed by atoms with E-state index in [1.807, 2.05) is 0 Å². The fourth-order valence-corrected chi connectivity index (χ4v) is 5.91. The highest BCUT2D eigenvalue weighted by atomic mass is 32.2. The number of carboxylic acids is 2. The summed E-state index contributed by atoms with van der Waals surface area (Å²) >= 11 is 0. The van der Waals surface area contributed by atoms with Crippen LogP contribution in [0.3, 0.4) is 0 Å². The molecule has 0 spiro atoms. The van der Waals surface area contributed by atoms with Gasteiger partial charge >= 0.3 is 17.9 Å². The van der Waals surface area contributed by atoms with Crippen LogP contribution in [0.2, 0.25) is 0 Å². The predicted octanol–water partition coefficient (Wildman–Crippen LogP) is -0.600. The van der Waals surface area contributed by atoms with E-state index in [4.69, 9.17) is 19.3 Å². The summed E-state index contributed by atoms with van der Waals surface area (Å²) in [5, 5.41) is 55.9. The number of carbonyl (C=O) groups excluding carboxylic acids is 4. The molecule has 1 aromatic rings. The number of aliphatic hydroxyl groups excluding tert-OH is 3. The Labute approximate surface area is 324 Å². The van der Waals surface area contributed by atoms with Crippen molar-refractivity contribution in [2.75, 3.05) is 18.8 Å². The minimum absolute atomic E-state index is 0.0261. The molecule has 1 aromatic carbocycles. The van der Waals surface area contributed by atoms with E-state index in [0.717, 1.165) is 0 Å². The van der Waals surface area contributed by atoms with Gasteiger partial charge in [-0.15, -0.1) is 0 Å². The van der Waals surface area contributed by atoms with Gasteiger partial charge in [-0.3, -0.25) is 28.5 Å². The zero-order chi connectivity index (χ0) is 42.2. The summed E-state index contributed by atoms with van der Waals surface area (Å²) in [7, 11) is -4.67. The number of aliphatic carboxylic acids is 2. The molecule has 0 aromatic heterocycles. The summed E-state index contributed by atoms with van der Waals surface area (Å²) < 4.78 is 48.9. The van der Waals surface area contributed by atoms with Gasteiger partial charge in [-0.1, -0.05) is 12.5 Å². The number of aliphatic hydroxyl groups is 3. The first-order valence-electron chi connectivity index (χ1n) is 18.0. The van der Waals surface area contributed by atoms with Gasteiger partial charge in [0.05, 0.1) is 11.8 Å². The summed E-state index contributed by atoms with van der Waals surface area (Å²) in [4.78, 5) is 71.4. The van der Waals surface area contributed by atoms with E-state index in [2.05, 4.69) is 16.0 Å². The average Bonchev–Trinajstić information content (AvgIpc) is 3.10. The van der Waals surface area contributed by atoms with Crippen molar-refractivity contribution >= 4 is 45.7 Å². The summed E-state index contributed by atoms with van der Waals surface area (Å²) in [6.45, 7) is 5.21. The van der Waals surface area contributed by atoms with Gasteiger partial charge < -0.3 is 55.7 Å². The number of nitrogens with one attached hydrogen (secondary N) is 3. The van der Waals surface area contributed by atoms with Crippen molar-refractivity contribution in [3.63, 3.8) is 0 Å². The number of benzene rings is 1. The molecule has 1 heterocycles. The van der Waals surface area contributed by atoms with E-state index in [1.165, 1.54) is 12.1 Å². The van der Waals surface area contributed by atoms with Crippen molar-refractivity contribution in [1.82, 2.24) is 16.0 Å². The van der Waals surface area contributed by atoms with Gasteiger partial charge in [0, 0.05) is 25.9 Å². The number of ether oxygens (including phenoxy) is 3. The van der Waals surface area contributed by atoms with E-state index < -0.39 is 93.7 Å². The van der Waals surface area contributed by atoms with Gasteiger partial charge in [0.25, 0.3) is 10.1 Å². The topological polar surface area (TPSA) is 322 Å². The van der Waals surface area contributed by atoms with Crippen LogP contribution in [-0.4, -0.2) is 130 Å². The standard InChI is InChI=1S/C35H53N3O17S/c1-35(2,3)34(49)53-18-21-11-12-22(54-33-29(45)27(43)28(44)30(55-33)32(47)48)17-20(21)9-6-8-16-37-31(46)23(19-56(50,51)52)38-25(40)10-5-4-7-15-36-24(39)13-14-26(41)42/h11-12,17,23,27-30,33,43-45H,4-10,13-16,18-19H2,1-3H3,(H,36,39)(H,37,46)(H,38,40)(H,41,42)(H,47,48)(H,50,51,52)/t23-,27-,28-,29+,30-,33+/m0/s1. The Bertz CT molecular complexity index is 1630. The third kappa shape index (κ3) is 17.2. The van der Waals surface area contributed by atoms with Gasteiger partial charge in [0.1, 0.15) is 42.5 Å². The Balaban J connectivity index is 1.99. The average molecular weight is 820 g/mol. The summed E-state index contributed by atoms with van der Waals surface area (Å²) in [5.74, 6) is -6.05. The molecule has 56 heavy (non-hydrogen) atoms. The van der Waals surface area contributed by atoms with Crippen LogP contribution in [0.4, 0.5) is 0 Å². The molecule has 20 nitrogen and oxygen atoms in total. The Morgan fingerprint density at radius 2 is 1.48 bits per heavy atom. The van der Waals surface area contributed by atoms with Crippen LogP contribution in [0.25, 0.3) is 0 Å². The SMILES string of the molecule is CC(C)(C)C(=O)OCc1ccc(O[C@@H]2O[C@H](C(=O)O)[C@@H](O)[C@H](O)[C@H]2O)cc1CCCCNC(=O)[C@H](CS(=O)(=O)O)NC(=O)CCCCCNC(=O)CCC(=O)O. The van der Waals surface area contributed by atoms with Gasteiger partial charge in [0.2, 0.25) is 24.0 Å². The quantitative estimate of drug-likeness (QED) is 0.0378. The Hall–Kier alpha value is -4.41. The second kappa shape index (κ2) is 22.4. The van der Waals surface area contributed by atoms with Crippen molar-refractivity contribution in [1.29, 1.82) is 0 Å². The summed E-state index contributed by atoms with van der Waals surface area (Å²) in [5.41, 5.74) is 0.370. The Kier molecular flexibility index (Phi) is 19.1. The van der Waals surface area contributed by atoms with Crippen molar-refractivity contribution in [2.24, 2.45) is 5.41 Å². The molecule has 1 saturated heterocycles. The zero-order valence-corrected chi connectivity index (χ0v) is 32.3. The minimum Gasteiger partial charge on any atom is -0.481 e. The first-order valence-corrected chi connectivity index (χ1v) is 19.6. The second-order valence-corrected chi connectivity index (χ2v) is 15.8. The smallest absolute Gasteiger partial charge is 0.335 e. The lowest BCUT2D eigenvalue weighted by atomic mass is 9.97. The van der Waals surface area contributed by atoms with Crippen LogP contribution in [0.1, 0.15) is 83.3 Å². The first kappa shape index (κ1) is 47.7. The number of aryl methyl sites for hydroxylation is 1. The lowest BCUT2D eigenvalue weighted by molar-refractivity contribution is -0.271. The molecule has 21 heteroatoms. The second-order valence-electron chi connectivity index (χ2n) is 14.3. The highest BCUT2D eigenvalue weighted by molar-refractivity contribution is 7.85. The fourth-order valence-electron chi connectivity index (χ4n) is 5.25.